The molecular formula is C21H27N3O2. The Kier molecular flexibility index (Phi) is 6.50. The number of benzene rings is 2. The summed E-state index contributed by atoms with van der Waals surface area (Å²) in [4.78, 5) is 16.8. The van der Waals surface area contributed by atoms with Crippen LogP contribution in [-0.4, -0.2) is 50.6 Å². The third-order valence-corrected chi connectivity index (χ3v) is 4.80. The molecule has 26 heavy (non-hydrogen) atoms. The molecule has 1 fully saturated rings. The van der Waals surface area contributed by atoms with Crippen LogP contribution >= 0.6 is 0 Å². The second-order valence-electron chi connectivity index (χ2n) is 6.54. The predicted molar refractivity (Wildman–Crippen MR) is 105 cm³/mol. The van der Waals surface area contributed by atoms with Crippen LogP contribution in [0.5, 0.6) is 5.75 Å². The van der Waals surface area contributed by atoms with Crippen molar-refractivity contribution in [1.29, 1.82) is 0 Å². The summed E-state index contributed by atoms with van der Waals surface area (Å²) in [6, 6.07) is 18.2. The fourth-order valence-electron chi connectivity index (χ4n) is 3.17. The lowest BCUT2D eigenvalue weighted by Gasteiger charge is -2.36. The lowest BCUT2D eigenvalue weighted by Crippen LogP contribution is -2.47. The first kappa shape index (κ1) is 18.3. The summed E-state index contributed by atoms with van der Waals surface area (Å²) in [5.41, 5.74) is 2.36. The topological polar surface area (TPSA) is 44.8 Å². The van der Waals surface area contributed by atoms with E-state index in [-0.39, 0.29) is 5.91 Å². The Morgan fingerprint density at radius 1 is 1.00 bits per heavy atom. The van der Waals surface area contributed by atoms with Crippen molar-refractivity contribution in [3.05, 3.63) is 60.2 Å². The van der Waals surface area contributed by atoms with E-state index in [1.807, 2.05) is 42.5 Å². The third kappa shape index (κ3) is 5.23. The van der Waals surface area contributed by atoms with Crippen LogP contribution in [0.4, 0.5) is 5.69 Å². The minimum atomic E-state index is 0.117. The Balaban J connectivity index is 1.36. The van der Waals surface area contributed by atoms with E-state index in [1.165, 1.54) is 5.69 Å². The molecule has 1 N–H and O–H groups in total. The largest absolute Gasteiger partial charge is 0.497 e. The molecule has 2 aromatic rings. The first-order valence-corrected chi connectivity index (χ1v) is 9.16. The molecular weight excluding hydrogens is 326 g/mol. The number of nitrogens with zero attached hydrogens (tertiary/aromatic N) is 2. The minimum absolute atomic E-state index is 0.117. The summed E-state index contributed by atoms with van der Waals surface area (Å²) in [6.07, 6.45) is 0.551. The van der Waals surface area contributed by atoms with Crippen molar-refractivity contribution in [2.24, 2.45) is 0 Å². The normalized spacial score (nSPS) is 14.9. The molecule has 2 aromatic carbocycles. The number of carbonyl (C=O) groups is 1. The van der Waals surface area contributed by atoms with Crippen LogP contribution in [0.25, 0.3) is 0 Å². The quantitative estimate of drug-likeness (QED) is 0.831. The molecule has 0 saturated carbocycles. The average Bonchev–Trinajstić information content (AvgIpc) is 2.72. The number of hydrogen-bond acceptors (Lipinski definition) is 4. The van der Waals surface area contributed by atoms with E-state index in [9.17, 15) is 4.79 Å². The zero-order valence-electron chi connectivity index (χ0n) is 15.4. The first-order valence-electron chi connectivity index (χ1n) is 9.16. The lowest BCUT2D eigenvalue weighted by molar-refractivity contribution is -0.121. The van der Waals surface area contributed by atoms with Crippen molar-refractivity contribution in [2.75, 3.05) is 44.7 Å². The Hall–Kier alpha value is -2.53. The van der Waals surface area contributed by atoms with Gasteiger partial charge in [-0.1, -0.05) is 30.3 Å². The highest BCUT2D eigenvalue weighted by Crippen LogP contribution is 2.20. The molecule has 1 heterocycles. The first-order chi connectivity index (χ1) is 12.7. The van der Waals surface area contributed by atoms with Crippen LogP contribution in [0.1, 0.15) is 12.0 Å². The fraction of sp³-hybridized carbons (Fsp3) is 0.381. The number of ether oxygens (including phenoxy) is 1. The summed E-state index contributed by atoms with van der Waals surface area (Å²) in [6.45, 7) is 5.36. The van der Waals surface area contributed by atoms with Crippen LogP contribution in [0.2, 0.25) is 0 Å². The van der Waals surface area contributed by atoms with E-state index in [1.54, 1.807) is 7.11 Å². The molecule has 0 radical (unpaired) electrons. The Bertz CT molecular complexity index is 680. The van der Waals surface area contributed by atoms with Gasteiger partial charge in [0.05, 0.1) is 7.11 Å². The highest BCUT2D eigenvalue weighted by Gasteiger charge is 2.17. The van der Waals surface area contributed by atoms with Gasteiger partial charge in [0.15, 0.2) is 0 Å². The zero-order chi connectivity index (χ0) is 18.2. The maximum atomic E-state index is 12.0. The summed E-state index contributed by atoms with van der Waals surface area (Å²) < 4.78 is 5.21. The Morgan fingerprint density at radius 2 is 1.69 bits per heavy atom. The summed E-state index contributed by atoms with van der Waals surface area (Å²) in [7, 11) is 1.68. The number of anilines is 1. The maximum absolute atomic E-state index is 12.0. The number of carbonyl (C=O) groups excluding carboxylic acids is 1. The van der Waals surface area contributed by atoms with E-state index < -0.39 is 0 Å². The molecule has 0 atom stereocenters. The van der Waals surface area contributed by atoms with Gasteiger partial charge in [-0.25, -0.2) is 0 Å². The van der Waals surface area contributed by atoms with Crippen molar-refractivity contribution in [1.82, 2.24) is 10.2 Å². The molecule has 0 spiro atoms. The molecule has 3 rings (SSSR count). The highest BCUT2D eigenvalue weighted by atomic mass is 16.5. The number of nitrogens with one attached hydrogen (secondary N) is 1. The van der Waals surface area contributed by atoms with Gasteiger partial charge in [0.25, 0.3) is 0 Å². The molecule has 5 nitrogen and oxygen atoms in total. The van der Waals surface area contributed by atoms with E-state index >= 15 is 0 Å². The van der Waals surface area contributed by atoms with E-state index in [2.05, 4.69) is 27.2 Å². The van der Waals surface area contributed by atoms with Gasteiger partial charge in [-0.05, 0) is 29.8 Å². The number of rotatable bonds is 7. The third-order valence-electron chi connectivity index (χ3n) is 4.80. The molecule has 138 valence electrons. The molecule has 0 unspecified atom stereocenters. The molecule has 0 aromatic heterocycles. The van der Waals surface area contributed by atoms with E-state index in [4.69, 9.17) is 4.74 Å². The number of amides is 1. The van der Waals surface area contributed by atoms with Gasteiger partial charge in [0, 0.05) is 51.4 Å². The van der Waals surface area contributed by atoms with Crippen molar-refractivity contribution in [2.45, 2.75) is 13.0 Å². The van der Waals surface area contributed by atoms with Crippen LogP contribution in [0, 0.1) is 0 Å². The van der Waals surface area contributed by atoms with Gasteiger partial charge in [0.2, 0.25) is 5.91 Å². The van der Waals surface area contributed by atoms with Gasteiger partial charge in [-0.3, -0.25) is 9.69 Å². The summed E-state index contributed by atoms with van der Waals surface area (Å²) in [5, 5.41) is 3.00. The summed E-state index contributed by atoms with van der Waals surface area (Å²) in [5.74, 6) is 1.00. The monoisotopic (exact) mass is 353 g/mol. The minimum Gasteiger partial charge on any atom is -0.497 e. The smallest absolute Gasteiger partial charge is 0.221 e. The van der Waals surface area contributed by atoms with Crippen molar-refractivity contribution >= 4 is 11.6 Å². The second kappa shape index (κ2) is 9.25. The number of hydrogen-bond donors (Lipinski definition) is 1. The van der Waals surface area contributed by atoms with Crippen LogP contribution in [0.3, 0.4) is 0 Å². The van der Waals surface area contributed by atoms with E-state index in [0.29, 0.717) is 13.0 Å². The molecule has 1 amide bonds. The highest BCUT2D eigenvalue weighted by molar-refractivity contribution is 5.76. The van der Waals surface area contributed by atoms with E-state index in [0.717, 1.165) is 44.0 Å². The maximum Gasteiger partial charge on any atom is 0.221 e. The number of methoxy groups -OCH3 is 1. The van der Waals surface area contributed by atoms with Gasteiger partial charge in [-0.15, -0.1) is 0 Å². The summed E-state index contributed by atoms with van der Waals surface area (Å²) >= 11 is 0. The molecule has 0 bridgehead atoms. The zero-order valence-corrected chi connectivity index (χ0v) is 15.4. The fourth-order valence-corrected chi connectivity index (χ4v) is 3.17. The van der Waals surface area contributed by atoms with Crippen molar-refractivity contribution < 1.29 is 9.53 Å². The second-order valence-corrected chi connectivity index (χ2v) is 6.54. The average molecular weight is 353 g/mol. The SMILES string of the molecule is COc1ccc(N2CCN(CCC(=O)NCc3ccccc3)CC2)cc1. The van der Waals surface area contributed by atoms with Crippen LogP contribution in [0.15, 0.2) is 54.6 Å². The van der Waals surface area contributed by atoms with Gasteiger partial charge in [0.1, 0.15) is 5.75 Å². The lowest BCUT2D eigenvalue weighted by atomic mass is 10.2. The molecule has 1 aliphatic heterocycles. The van der Waals surface area contributed by atoms with Crippen LogP contribution < -0.4 is 15.0 Å². The van der Waals surface area contributed by atoms with Crippen molar-refractivity contribution in [3.8, 4) is 5.75 Å². The Morgan fingerprint density at radius 3 is 2.35 bits per heavy atom. The predicted octanol–water partition coefficient (Wildman–Crippen LogP) is 2.52. The van der Waals surface area contributed by atoms with Gasteiger partial charge < -0.3 is 15.0 Å². The molecule has 1 saturated heterocycles. The van der Waals surface area contributed by atoms with Gasteiger partial charge in [-0.2, -0.15) is 0 Å². The van der Waals surface area contributed by atoms with Gasteiger partial charge >= 0.3 is 0 Å². The Labute approximate surface area is 155 Å². The number of piperazine rings is 1. The van der Waals surface area contributed by atoms with Crippen molar-refractivity contribution in [3.63, 3.8) is 0 Å². The molecule has 0 aliphatic carbocycles. The molecule has 5 heteroatoms. The molecule has 1 aliphatic rings. The standard InChI is InChI=1S/C21H27N3O2/c1-26-20-9-7-19(8-10-20)24-15-13-23(14-16-24)12-11-21(25)22-17-18-5-3-2-4-6-18/h2-10H,11-17H2,1H3,(H,22,25). The van der Waals surface area contributed by atoms with Crippen LogP contribution in [-0.2, 0) is 11.3 Å².